The van der Waals surface area contributed by atoms with E-state index in [-0.39, 0.29) is 11.9 Å². The number of nitrogens with zero attached hydrogens (tertiary/aromatic N) is 3. The van der Waals surface area contributed by atoms with Gasteiger partial charge in [0.25, 0.3) is 0 Å². The molecular weight excluding hydrogens is 234 g/mol. The number of aromatic nitrogens is 2. The molecular formula is C11H19N5O2. The number of carbonyl (C=O) groups excluding carboxylic acids is 1. The highest BCUT2D eigenvalue weighted by atomic mass is 16.4. The molecule has 1 fully saturated rings. The van der Waals surface area contributed by atoms with E-state index in [4.69, 9.17) is 4.42 Å². The number of nitrogens with one attached hydrogen (secondary N) is 2. The predicted octanol–water partition coefficient (Wildman–Crippen LogP) is 0.000320. The van der Waals surface area contributed by atoms with Gasteiger partial charge in [-0.15, -0.1) is 5.10 Å². The minimum Gasteiger partial charge on any atom is -0.408 e. The van der Waals surface area contributed by atoms with Crippen molar-refractivity contribution in [3.8, 4) is 0 Å². The van der Waals surface area contributed by atoms with Crippen molar-refractivity contribution in [2.75, 3.05) is 32.0 Å². The van der Waals surface area contributed by atoms with Crippen LogP contribution in [0.4, 0.5) is 6.01 Å². The van der Waals surface area contributed by atoms with Gasteiger partial charge in [-0.2, -0.15) is 0 Å². The van der Waals surface area contributed by atoms with Crippen LogP contribution < -0.4 is 10.6 Å². The number of aryl methyl sites for hydroxylation is 1. The van der Waals surface area contributed by atoms with Gasteiger partial charge in [0.2, 0.25) is 11.8 Å². The van der Waals surface area contributed by atoms with Crippen LogP contribution in [0.25, 0.3) is 0 Å². The quantitative estimate of drug-likeness (QED) is 0.768. The van der Waals surface area contributed by atoms with Gasteiger partial charge in [0.05, 0.1) is 6.54 Å². The summed E-state index contributed by atoms with van der Waals surface area (Å²) in [7, 11) is 1.93. The molecule has 0 bridgehead atoms. The lowest BCUT2D eigenvalue weighted by atomic mass is 10.2. The van der Waals surface area contributed by atoms with Gasteiger partial charge in [-0.05, 0) is 26.4 Å². The van der Waals surface area contributed by atoms with Gasteiger partial charge < -0.3 is 9.73 Å². The molecule has 2 rings (SSSR count). The molecule has 1 aliphatic heterocycles. The zero-order valence-electron chi connectivity index (χ0n) is 10.8. The van der Waals surface area contributed by atoms with Crippen LogP contribution in [0.1, 0.15) is 18.7 Å². The zero-order valence-corrected chi connectivity index (χ0v) is 10.8. The average Bonchev–Trinajstić information content (AvgIpc) is 2.90. The van der Waals surface area contributed by atoms with E-state index < -0.39 is 0 Å². The van der Waals surface area contributed by atoms with Gasteiger partial charge in [0, 0.05) is 19.5 Å². The summed E-state index contributed by atoms with van der Waals surface area (Å²) < 4.78 is 5.08. The van der Waals surface area contributed by atoms with Crippen molar-refractivity contribution >= 4 is 11.9 Å². The van der Waals surface area contributed by atoms with Gasteiger partial charge in [-0.25, -0.2) is 0 Å². The Morgan fingerprint density at radius 3 is 3.06 bits per heavy atom. The summed E-state index contributed by atoms with van der Waals surface area (Å²) in [6, 6.07) is 0.651. The van der Waals surface area contributed by atoms with Crippen molar-refractivity contribution < 1.29 is 9.21 Å². The third-order valence-corrected chi connectivity index (χ3v) is 2.88. The first-order chi connectivity index (χ1) is 8.63. The fraction of sp³-hybridized carbons (Fsp3) is 0.727. The van der Waals surface area contributed by atoms with Crippen LogP contribution in [0.2, 0.25) is 0 Å². The summed E-state index contributed by atoms with van der Waals surface area (Å²) in [5.41, 5.74) is 0. The topological polar surface area (TPSA) is 83.3 Å². The minimum atomic E-state index is -0.140. The molecule has 7 heteroatoms. The monoisotopic (exact) mass is 253 g/mol. The molecule has 1 aromatic heterocycles. The summed E-state index contributed by atoms with van der Waals surface area (Å²) in [4.78, 5) is 13.7. The molecule has 0 spiro atoms. The van der Waals surface area contributed by atoms with Crippen LogP contribution in [-0.2, 0) is 4.79 Å². The van der Waals surface area contributed by atoms with E-state index in [1.165, 1.54) is 12.8 Å². The van der Waals surface area contributed by atoms with Crippen LogP contribution in [0.15, 0.2) is 4.42 Å². The summed E-state index contributed by atoms with van der Waals surface area (Å²) in [6.07, 6.45) is 2.39. The zero-order chi connectivity index (χ0) is 13.0. The second kappa shape index (κ2) is 5.92. The second-order valence-electron chi connectivity index (χ2n) is 4.66. The summed E-state index contributed by atoms with van der Waals surface area (Å²) in [5, 5.41) is 13.3. The summed E-state index contributed by atoms with van der Waals surface area (Å²) >= 11 is 0. The van der Waals surface area contributed by atoms with Crippen LogP contribution >= 0.6 is 0 Å². The smallest absolute Gasteiger partial charge is 0.322 e. The SMILES string of the molecule is Cc1nnc(NC(=O)CN(C)CC2CCCN2)o1. The number of carbonyl (C=O) groups is 1. The lowest BCUT2D eigenvalue weighted by Crippen LogP contribution is -2.39. The Hall–Kier alpha value is -1.47. The second-order valence-corrected chi connectivity index (χ2v) is 4.66. The summed E-state index contributed by atoms with van der Waals surface area (Å²) in [6.45, 7) is 3.95. The molecule has 2 heterocycles. The lowest BCUT2D eigenvalue weighted by molar-refractivity contribution is -0.117. The highest BCUT2D eigenvalue weighted by molar-refractivity contribution is 5.90. The van der Waals surface area contributed by atoms with Crippen molar-refractivity contribution in [3.05, 3.63) is 5.89 Å². The number of hydrogen-bond donors (Lipinski definition) is 2. The Kier molecular flexibility index (Phi) is 4.27. The molecule has 0 aromatic carbocycles. The Labute approximate surface area is 106 Å². The predicted molar refractivity (Wildman–Crippen MR) is 66.2 cm³/mol. The van der Waals surface area contributed by atoms with Gasteiger partial charge in [-0.1, -0.05) is 5.10 Å². The first kappa shape index (κ1) is 13.0. The molecule has 0 radical (unpaired) electrons. The molecule has 0 saturated carbocycles. The third kappa shape index (κ3) is 3.78. The number of rotatable bonds is 5. The van der Waals surface area contributed by atoms with Crippen molar-refractivity contribution in [3.63, 3.8) is 0 Å². The molecule has 1 atom stereocenters. The first-order valence-electron chi connectivity index (χ1n) is 6.15. The molecule has 1 unspecified atom stereocenters. The van der Waals surface area contributed by atoms with Crippen LogP contribution in [-0.4, -0.2) is 53.7 Å². The van der Waals surface area contributed by atoms with Crippen LogP contribution in [0.5, 0.6) is 0 Å². The number of amides is 1. The molecule has 7 nitrogen and oxygen atoms in total. The van der Waals surface area contributed by atoms with E-state index in [9.17, 15) is 4.79 Å². The maximum atomic E-state index is 11.7. The maximum Gasteiger partial charge on any atom is 0.322 e. The van der Waals surface area contributed by atoms with E-state index in [1.54, 1.807) is 6.92 Å². The molecule has 100 valence electrons. The van der Waals surface area contributed by atoms with Crippen LogP contribution in [0.3, 0.4) is 0 Å². The van der Waals surface area contributed by atoms with Crippen molar-refractivity contribution in [2.45, 2.75) is 25.8 Å². The number of hydrogen-bond acceptors (Lipinski definition) is 6. The van der Waals surface area contributed by atoms with Gasteiger partial charge in [0.1, 0.15) is 0 Å². The Bertz CT molecular complexity index is 400. The Balaban J connectivity index is 1.72. The highest BCUT2D eigenvalue weighted by Crippen LogP contribution is 2.06. The van der Waals surface area contributed by atoms with E-state index >= 15 is 0 Å². The molecule has 1 aromatic rings. The van der Waals surface area contributed by atoms with Gasteiger partial charge in [0.15, 0.2) is 0 Å². The van der Waals surface area contributed by atoms with Crippen LogP contribution in [0, 0.1) is 6.92 Å². The standard InChI is InChI=1S/C11H19N5O2/c1-8-14-15-11(18-8)13-10(17)7-16(2)6-9-4-3-5-12-9/h9,12H,3-7H2,1-2H3,(H,13,15,17). The van der Waals surface area contributed by atoms with Crippen molar-refractivity contribution in [2.24, 2.45) is 0 Å². The lowest BCUT2D eigenvalue weighted by Gasteiger charge is -2.19. The number of anilines is 1. The minimum absolute atomic E-state index is 0.140. The maximum absolute atomic E-state index is 11.7. The molecule has 0 aliphatic carbocycles. The largest absolute Gasteiger partial charge is 0.408 e. The van der Waals surface area contributed by atoms with Crippen molar-refractivity contribution in [1.82, 2.24) is 20.4 Å². The van der Waals surface area contributed by atoms with E-state index in [1.807, 2.05) is 11.9 Å². The number of likely N-dealkylation sites (N-methyl/N-ethyl adjacent to an activating group) is 1. The van der Waals surface area contributed by atoms with Gasteiger partial charge in [-0.3, -0.25) is 15.0 Å². The summed E-state index contributed by atoms with van der Waals surface area (Å²) in [5.74, 6) is 0.299. The Morgan fingerprint density at radius 1 is 1.61 bits per heavy atom. The van der Waals surface area contributed by atoms with E-state index in [0.717, 1.165) is 13.1 Å². The van der Waals surface area contributed by atoms with E-state index in [2.05, 4.69) is 20.8 Å². The van der Waals surface area contributed by atoms with Crippen molar-refractivity contribution in [1.29, 1.82) is 0 Å². The average molecular weight is 253 g/mol. The highest BCUT2D eigenvalue weighted by Gasteiger charge is 2.17. The van der Waals surface area contributed by atoms with E-state index in [0.29, 0.717) is 18.5 Å². The normalized spacial score (nSPS) is 19.4. The molecule has 1 saturated heterocycles. The molecule has 1 amide bonds. The fourth-order valence-electron chi connectivity index (χ4n) is 2.10. The molecule has 1 aliphatic rings. The molecule has 18 heavy (non-hydrogen) atoms. The van der Waals surface area contributed by atoms with Gasteiger partial charge >= 0.3 is 6.01 Å². The fourth-order valence-corrected chi connectivity index (χ4v) is 2.10. The third-order valence-electron chi connectivity index (χ3n) is 2.88. The Morgan fingerprint density at radius 2 is 2.44 bits per heavy atom. The first-order valence-corrected chi connectivity index (χ1v) is 6.15. The molecule has 2 N–H and O–H groups in total.